The molecule has 2 heterocycles. The molecule has 0 aliphatic rings. The summed E-state index contributed by atoms with van der Waals surface area (Å²) in [5, 5.41) is 4.57. The highest BCUT2D eigenvalue weighted by Gasteiger charge is 2.11. The molecule has 0 spiro atoms. The lowest BCUT2D eigenvalue weighted by atomic mass is 10.1. The third kappa shape index (κ3) is 1.78. The van der Waals surface area contributed by atoms with Crippen molar-refractivity contribution in [3.05, 3.63) is 53.1 Å². The molecule has 0 atom stereocenters. The topological polar surface area (TPSA) is 26.5 Å². The molecule has 1 aromatic carbocycles. The maximum Gasteiger partial charge on any atom is 0.119 e. The first kappa shape index (κ1) is 11.3. The normalized spacial score (nSPS) is 10.8. The van der Waals surface area contributed by atoms with E-state index in [1.54, 1.807) is 7.11 Å². The largest absolute Gasteiger partial charge is 0.497 e. The molecule has 0 amide bonds. The maximum atomic E-state index is 5.24. The van der Waals surface area contributed by atoms with Gasteiger partial charge in [-0.2, -0.15) is 5.10 Å². The molecule has 0 aliphatic heterocycles. The number of hydrogen-bond donors (Lipinski definition) is 0. The van der Waals surface area contributed by atoms with Crippen molar-refractivity contribution in [2.45, 2.75) is 0 Å². The standard InChI is InChI=1S/C14H11BrN2O/c1-18-11-6-4-5-10(9-11)14-13(15)12-7-2-3-8-17(12)16-14/h2-9H,1H3. The van der Waals surface area contributed by atoms with Crippen LogP contribution < -0.4 is 4.74 Å². The van der Waals surface area contributed by atoms with Crippen molar-refractivity contribution in [1.29, 1.82) is 0 Å². The van der Waals surface area contributed by atoms with Gasteiger partial charge in [-0.3, -0.25) is 0 Å². The fourth-order valence-corrected chi connectivity index (χ4v) is 2.55. The Morgan fingerprint density at radius 1 is 1.17 bits per heavy atom. The lowest BCUT2D eigenvalue weighted by Crippen LogP contribution is -1.86. The number of benzene rings is 1. The van der Waals surface area contributed by atoms with Gasteiger partial charge in [-0.05, 0) is 40.2 Å². The number of fused-ring (bicyclic) bond motifs is 1. The van der Waals surface area contributed by atoms with Crippen molar-refractivity contribution in [3.63, 3.8) is 0 Å². The predicted molar refractivity (Wildman–Crippen MR) is 74.9 cm³/mol. The van der Waals surface area contributed by atoms with Crippen LogP contribution in [0, 0.1) is 0 Å². The van der Waals surface area contributed by atoms with Crippen LogP contribution in [0.2, 0.25) is 0 Å². The Morgan fingerprint density at radius 2 is 2.06 bits per heavy atom. The number of halogens is 1. The number of aromatic nitrogens is 2. The molecular weight excluding hydrogens is 292 g/mol. The van der Waals surface area contributed by atoms with E-state index in [9.17, 15) is 0 Å². The van der Waals surface area contributed by atoms with E-state index in [-0.39, 0.29) is 0 Å². The molecule has 0 bridgehead atoms. The Labute approximate surface area is 113 Å². The second-order valence-electron chi connectivity index (χ2n) is 3.92. The van der Waals surface area contributed by atoms with E-state index in [2.05, 4.69) is 21.0 Å². The first-order valence-electron chi connectivity index (χ1n) is 5.57. The summed E-state index contributed by atoms with van der Waals surface area (Å²) in [7, 11) is 1.66. The fourth-order valence-electron chi connectivity index (χ4n) is 1.92. The van der Waals surface area contributed by atoms with Crippen LogP contribution in [-0.4, -0.2) is 16.7 Å². The van der Waals surface area contributed by atoms with Gasteiger partial charge < -0.3 is 4.74 Å². The van der Waals surface area contributed by atoms with Gasteiger partial charge in [-0.15, -0.1) is 0 Å². The summed E-state index contributed by atoms with van der Waals surface area (Å²) in [6.45, 7) is 0. The smallest absolute Gasteiger partial charge is 0.119 e. The van der Waals surface area contributed by atoms with E-state index in [1.165, 1.54) is 0 Å². The van der Waals surface area contributed by atoms with Crippen molar-refractivity contribution in [2.24, 2.45) is 0 Å². The SMILES string of the molecule is COc1cccc(-c2nn3ccccc3c2Br)c1. The highest BCUT2D eigenvalue weighted by molar-refractivity contribution is 9.10. The first-order valence-corrected chi connectivity index (χ1v) is 6.36. The minimum Gasteiger partial charge on any atom is -0.497 e. The van der Waals surface area contributed by atoms with Gasteiger partial charge in [-0.25, -0.2) is 4.52 Å². The van der Waals surface area contributed by atoms with Crippen LogP contribution in [0.3, 0.4) is 0 Å². The third-order valence-corrected chi connectivity index (χ3v) is 3.60. The second kappa shape index (κ2) is 4.46. The summed E-state index contributed by atoms with van der Waals surface area (Å²) in [4.78, 5) is 0. The number of ether oxygens (including phenoxy) is 1. The van der Waals surface area contributed by atoms with Gasteiger partial charge in [-0.1, -0.05) is 18.2 Å². The van der Waals surface area contributed by atoms with Crippen molar-refractivity contribution in [3.8, 4) is 17.0 Å². The zero-order valence-corrected chi connectivity index (χ0v) is 11.4. The zero-order chi connectivity index (χ0) is 12.5. The van der Waals surface area contributed by atoms with Crippen LogP contribution in [0.25, 0.3) is 16.8 Å². The number of pyridine rings is 1. The van der Waals surface area contributed by atoms with Gasteiger partial charge in [0.15, 0.2) is 0 Å². The molecule has 3 nitrogen and oxygen atoms in total. The molecule has 2 aromatic heterocycles. The maximum absolute atomic E-state index is 5.24. The average Bonchev–Trinajstić information content (AvgIpc) is 2.77. The molecule has 0 radical (unpaired) electrons. The van der Waals surface area contributed by atoms with Gasteiger partial charge in [0, 0.05) is 11.8 Å². The van der Waals surface area contributed by atoms with E-state index >= 15 is 0 Å². The highest BCUT2D eigenvalue weighted by atomic mass is 79.9. The number of hydrogen-bond acceptors (Lipinski definition) is 2. The molecule has 0 unspecified atom stereocenters. The van der Waals surface area contributed by atoms with Crippen molar-refractivity contribution in [2.75, 3.05) is 7.11 Å². The molecule has 3 rings (SSSR count). The Bertz CT molecular complexity index is 706. The molecule has 0 saturated heterocycles. The molecule has 18 heavy (non-hydrogen) atoms. The summed E-state index contributed by atoms with van der Waals surface area (Å²) < 4.78 is 8.10. The van der Waals surface area contributed by atoms with Gasteiger partial charge in [0.2, 0.25) is 0 Å². The summed E-state index contributed by atoms with van der Waals surface area (Å²) in [5.74, 6) is 0.830. The molecule has 0 saturated carbocycles. The monoisotopic (exact) mass is 302 g/mol. The van der Waals surface area contributed by atoms with Crippen LogP contribution in [0.1, 0.15) is 0 Å². The summed E-state index contributed by atoms with van der Waals surface area (Å²) >= 11 is 3.61. The van der Waals surface area contributed by atoms with Gasteiger partial charge in [0.1, 0.15) is 11.4 Å². The lowest BCUT2D eigenvalue weighted by Gasteiger charge is -2.01. The lowest BCUT2D eigenvalue weighted by molar-refractivity contribution is 0.415. The summed E-state index contributed by atoms with van der Waals surface area (Å²) in [6.07, 6.45) is 1.93. The van der Waals surface area contributed by atoms with Crippen LogP contribution in [0.15, 0.2) is 53.1 Å². The van der Waals surface area contributed by atoms with E-state index < -0.39 is 0 Å². The Balaban J connectivity index is 2.21. The quantitative estimate of drug-likeness (QED) is 0.720. The Hall–Kier alpha value is -1.81. The number of nitrogens with zero attached hydrogens (tertiary/aromatic N) is 2. The number of methoxy groups -OCH3 is 1. The summed E-state index contributed by atoms with van der Waals surface area (Å²) in [5.41, 5.74) is 3.00. The van der Waals surface area contributed by atoms with Crippen molar-refractivity contribution in [1.82, 2.24) is 9.61 Å². The average molecular weight is 303 g/mol. The molecule has 0 aliphatic carbocycles. The van der Waals surface area contributed by atoms with Crippen LogP contribution in [0.5, 0.6) is 5.75 Å². The Kier molecular flexibility index (Phi) is 2.80. The first-order chi connectivity index (χ1) is 8.79. The zero-order valence-electron chi connectivity index (χ0n) is 9.80. The van der Waals surface area contributed by atoms with E-state index in [4.69, 9.17) is 4.74 Å². The predicted octanol–water partition coefficient (Wildman–Crippen LogP) is 3.77. The Morgan fingerprint density at radius 3 is 2.83 bits per heavy atom. The molecular formula is C14H11BrN2O. The molecule has 3 aromatic rings. The van der Waals surface area contributed by atoms with Crippen LogP contribution in [-0.2, 0) is 0 Å². The van der Waals surface area contributed by atoms with Gasteiger partial charge in [0.05, 0.1) is 17.1 Å². The van der Waals surface area contributed by atoms with E-state index in [0.717, 1.165) is 27.0 Å². The van der Waals surface area contributed by atoms with E-state index in [0.29, 0.717) is 0 Å². The minimum atomic E-state index is 0.830. The molecule has 0 fully saturated rings. The third-order valence-electron chi connectivity index (χ3n) is 2.82. The molecule has 0 N–H and O–H groups in total. The second-order valence-corrected chi connectivity index (χ2v) is 4.72. The van der Waals surface area contributed by atoms with E-state index in [1.807, 2.05) is 53.2 Å². The molecule has 4 heteroatoms. The van der Waals surface area contributed by atoms with Crippen LogP contribution in [0.4, 0.5) is 0 Å². The van der Waals surface area contributed by atoms with Gasteiger partial charge >= 0.3 is 0 Å². The molecule has 90 valence electrons. The highest BCUT2D eigenvalue weighted by Crippen LogP contribution is 2.32. The fraction of sp³-hybridized carbons (Fsp3) is 0.0714. The van der Waals surface area contributed by atoms with Crippen molar-refractivity contribution >= 4 is 21.4 Å². The minimum absolute atomic E-state index is 0.830. The van der Waals surface area contributed by atoms with Crippen LogP contribution >= 0.6 is 15.9 Å². The summed E-state index contributed by atoms with van der Waals surface area (Å²) in [6, 6.07) is 13.9. The van der Waals surface area contributed by atoms with Gasteiger partial charge in [0.25, 0.3) is 0 Å². The van der Waals surface area contributed by atoms with Crippen molar-refractivity contribution < 1.29 is 4.74 Å². The number of rotatable bonds is 2.